The summed E-state index contributed by atoms with van der Waals surface area (Å²) in [5.74, 6) is 1.99. The molecule has 1 aromatic carbocycles. The summed E-state index contributed by atoms with van der Waals surface area (Å²) < 4.78 is 11.8. The fourth-order valence-corrected chi connectivity index (χ4v) is 3.28. The van der Waals surface area contributed by atoms with Crippen LogP contribution in [-0.4, -0.2) is 55.9 Å². The number of rotatable bonds is 5. The van der Waals surface area contributed by atoms with Crippen LogP contribution >= 0.6 is 24.0 Å². The van der Waals surface area contributed by atoms with E-state index >= 15 is 0 Å². The van der Waals surface area contributed by atoms with E-state index in [0.717, 1.165) is 63.8 Å². The minimum absolute atomic E-state index is 0. The van der Waals surface area contributed by atoms with E-state index in [0.29, 0.717) is 12.2 Å². The molecule has 0 bridgehead atoms. The van der Waals surface area contributed by atoms with Crippen LogP contribution in [0.25, 0.3) is 0 Å². The predicted molar refractivity (Wildman–Crippen MR) is 112 cm³/mol. The van der Waals surface area contributed by atoms with Crippen molar-refractivity contribution in [3.05, 3.63) is 30.3 Å². The molecule has 2 aliphatic rings. The third-order valence-corrected chi connectivity index (χ3v) is 4.59. The number of halogens is 1. The standard InChI is InChI=1S/C19H29N3O2.HI/c1-2-20-19(21-15-18-9-6-14-23-18)22-12-10-17(11-13-22)24-16-7-4-3-5-8-16;/h3-5,7-8,17-18H,2,6,9-15H2,1H3,(H,20,21);1H. The third-order valence-electron chi connectivity index (χ3n) is 4.59. The Morgan fingerprint density at radius 3 is 2.64 bits per heavy atom. The molecule has 1 N–H and O–H groups in total. The van der Waals surface area contributed by atoms with Gasteiger partial charge in [0.05, 0.1) is 12.6 Å². The smallest absolute Gasteiger partial charge is 0.194 e. The second-order valence-electron chi connectivity index (χ2n) is 6.45. The molecule has 0 amide bonds. The van der Waals surface area contributed by atoms with Gasteiger partial charge in [-0.15, -0.1) is 24.0 Å². The Kier molecular flexibility index (Phi) is 8.81. The summed E-state index contributed by atoms with van der Waals surface area (Å²) in [6.07, 6.45) is 4.95. The number of piperidine rings is 1. The molecule has 0 spiro atoms. The summed E-state index contributed by atoms with van der Waals surface area (Å²) >= 11 is 0. The molecule has 140 valence electrons. The molecule has 0 saturated carbocycles. The SMILES string of the molecule is CCNC(=NCC1CCCO1)N1CCC(Oc2ccccc2)CC1.I. The van der Waals surface area contributed by atoms with Crippen molar-refractivity contribution in [1.29, 1.82) is 0 Å². The molecule has 6 heteroatoms. The molecule has 1 unspecified atom stereocenters. The van der Waals surface area contributed by atoms with Crippen LogP contribution in [-0.2, 0) is 4.74 Å². The fourth-order valence-electron chi connectivity index (χ4n) is 3.28. The maximum Gasteiger partial charge on any atom is 0.194 e. The molecule has 5 nitrogen and oxygen atoms in total. The van der Waals surface area contributed by atoms with Gasteiger partial charge in [0.15, 0.2) is 5.96 Å². The number of benzene rings is 1. The number of hydrogen-bond acceptors (Lipinski definition) is 3. The highest BCUT2D eigenvalue weighted by molar-refractivity contribution is 14.0. The Bertz CT molecular complexity index is 513. The largest absolute Gasteiger partial charge is 0.490 e. The lowest BCUT2D eigenvalue weighted by Gasteiger charge is -2.34. The van der Waals surface area contributed by atoms with Crippen molar-refractivity contribution < 1.29 is 9.47 Å². The predicted octanol–water partition coefficient (Wildman–Crippen LogP) is 3.29. The Balaban J connectivity index is 0.00000225. The van der Waals surface area contributed by atoms with E-state index in [9.17, 15) is 0 Å². The van der Waals surface area contributed by atoms with Gasteiger partial charge >= 0.3 is 0 Å². The first-order valence-electron chi connectivity index (χ1n) is 9.21. The highest BCUT2D eigenvalue weighted by atomic mass is 127. The molecule has 0 radical (unpaired) electrons. The van der Waals surface area contributed by atoms with Crippen molar-refractivity contribution in [3.63, 3.8) is 0 Å². The normalized spacial score (nSPS) is 21.7. The molecule has 1 aromatic rings. The first-order valence-corrected chi connectivity index (χ1v) is 9.21. The van der Waals surface area contributed by atoms with Crippen molar-refractivity contribution in [1.82, 2.24) is 10.2 Å². The van der Waals surface area contributed by atoms with Gasteiger partial charge in [-0.05, 0) is 31.9 Å². The minimum atomic E-state index is 0. The average Bonchev–Trinajstić information content (AvgIpc) is 3.14. The molecule has 0 aliphatic carbocycles. The fraction of sp³-hybridized carbons (Fsp3) is 0.632. The lowest BCUT2D eigenvalue weighted by molar-refractivity contribution is 0.116. The zero-order valence-corrected chi connectivity index (χ0v) is 17.4. The summed E-state index contributed by atoms with van der Waals surface area (Å²) in [6.45, 7) is 6.63. The van der Waals surface area contributed by atoms with Gasteiger partial charge < -0.3 is 19.7 Å². The van der Waals surface area contributed by atoms with Gasteiger partial charge in [0.2, 0.25) is 0 Å². The molecular weight excluding hydrogens is 429 g/mol. The van der Waals surface area contributed by atoms with Crippen molar-refractivity contribution in [2.45, 2.75) is 44.8 Å². The number of hydrogen-bond donors (Lipinski definition) is 1. The third kappa shape index (κ3) is 6.33. The molecule has 25 heavy (non-hydrogen) atoms. The topological polar surface area (TPSA) is 46.1 Å². The molecule has 2 aliphatic heterocycles. The molecule has 2 fully saturated rings. The van der Waals surface area contributed by atoms with Crippen LogP contribution in [0.2, 0.25) is 0 Å². The summed E-state index contributed by atoms with van der Waals surface area (Å²) in [7, 11) is 0. The maximum atomic E-state index is 6.08. The van der Waals surface area contributed by atoms with Gasteiger partial charge in [-0.2, -0.15) is 0 Å². The minimum Gasteiger partial charge on any atom is -0.490 e. The van der Waals surface area contributed by atoms with E-state index in [4.69, 9.17) is 14.5 Å². The number of guanidine groups is 1. The maximum absolute atomic E-state index is 6.08. The van der Waals surface area contributed by atoms with Crippen LogP contribution in [0.4, 0.5) is 0 Å². The van der Waals surface area contributed by atoms with E-state index in [1.54, 1.807) is 0 Å². The summed E-state index contributed by atoms with van der Waals surface area (Å²) in [5, 5.41) is 3.42. The van der Waals surface area contributed by atoms with Gasteiger partial charge in [0.1, 0.15) is 11.9 Å². The van der Waals surface area contributed by atoms with Crippen LogP contribution < -0.4 is 10.1 Å². The Labute approximate surface area is 168 Å². The number of ether oxygens (including phenoxy) is 2. The van der Waals surface area contributed by atoms with Crippen LogP contribution in [0.1, 0.15) is 32.6 Å². The molecule has 3 rings (SSSR count). The Morgan fingerprint density at radius 2 is 2.00 bits per heavy atom. The molecule has 2 heterocycles. The van der Waals surface area contributed by atoms with E-state index in [-0.39, 0.29) is 24.0 Å². The van der Waals surface area contributed by atoms with Crippen LogP contribution in [0.15, 0.2) is 35.3 Å². The second-order valence-corrected chi connectivity index (χ2v) is 6.45. The van der Waals surface area contributed by atoms with Gasteiger partial charge in [0, 0.05) is 39.1 Å². The average molecular weight is 459 g/mol. The molecule has 1 atom stereocenters. The van der Waals surface area contributed by atoms with Crippen LogP contribution in [0.3, 0.4) is 0 Å². The Morgan fingerprint density at radius 1 is 1.24 bits per heavy atom. The highest BCUT2D eigenvalue weighted by Crippen LogP contribution is 2.19. The lowest BCUT2D eigenvalue weighted by atomic mass is 10.1. The van der Waals surface area contributed by atoms with Gasteiger partial charge in [-0.1, -0.05) is 18.2 Å². The highest BCUT2D eigenvalue weighted by Gasteiger charge is 2.23. The Hall–Kier alpha value is -1.02. The van der Waals surface area contributed by atoms with Crippen LogP contribution in [0, 0.1) is 0 Å². The first kappa shape index (κ1) is 20.3. The second kappa shape index (κ2) is 10.9. The lowest BCUT2D eigenvalue weighted by Crippen LogP contribution is -2.47. The summed E-state index contributed by atoms with van der Waals surface area (Å²) in [4.78, 5) is 7.14. The quantitative estimate of drug-likeness (QED) is 0.417. The summed E-state index contributed by atoms with van der Waals surface area (Å²) in [6, 6.07) is 10.1. The van der Waals surface area contributed by atoms with Crippen molar-refractivity contribution in [2.24, 2.45) is 4.99 Å². The van der Waals surface area contributed by atoms with Crippen LogP contribution in [0.5, 0.6) is 5.75 Å². The van der Waals surface area contributed by atoms with Crippen molar-refractivity contribution >= 4 is 29.9 Å². The number of nitrogens with zero attached hydrogens (tertiary/aromatic N) is 2. The molecule has 0 aromatic heterocycles. The van der Waals surface area contributed by atoms with E-state index in [1.807, 2.05) is 30.3 Å². The number of likely N-dealkylation sites (tertiary alicyclic amines) is 1. The monoisotopic (exact) mass is 459 g/mol. The van der Waals surface area contributed by atoms with Gasteiger partial charge in [-0.3, -0.25) is 4.99 Å². The number of aliphatic imine (C=N–C) groups is 1. The summed E-state index contributed by atoms with van der Waals surface area (Å²) in [5.41, 5.74) is 0. The number of nitrogens with one attached hydrogen (secondary N) is 1. The van der Waals surface area contributed by atoms with E-state index < -0.39 is 0 Å². The van der Waals surface area contributed by atoms with Gasteiger partial charge in [0.25, 0.3) is 0 Å². The van der Waals surface area contributed by atoms with Gasteiger partial charge in [-0.25, -0.2) is 0 Å². The van der Waals surface area contributed by atoms with E-state index in [2.05, 4.69) is 17.1 Å². The van der Waals surface area contributed by atoms with Crippen molar-refractivity contribution in [3.8, 4) is 5.75 Å². The van der Waals surface area contributed by atoms with Crippen molar-refractivity contribution in [2.75, 3.05) is 32.8 Å². The zero-order valence-electron chi connectivity index (χ0n) is 15.0. The number of para-hydroxylation sites is 1. The first-order chi connectivity index (χ1) is 11.8. The molecular formula is C19H30IN3O2. The van der Waals surface area contributed by atoms with E-state index in [1.165, 1.54) is 6.42 Å². The zero-order chi connectivity index (χ0) is 16.6. The molecule has 2 saturated heterocycles.